The molecule has 100 valence electrons. The molecule has 1 aromatic carbocycles. The number of ether oxygens (including phenoxy) is 1. The number of carbonyl (C=O) groups excluding carboxylic acids is 1. The molecule has 0 fully saturated rings. The van der Waals surface area contributed by atoms with Crippen LogP contribution >= 0.6 is 0 Å². The molecule has 1 aliphatic heterocycles. The van der Waals surface area contributed by atoms with Gasteiger partial charge in [0, 0.05) is 13.6 Å². The Labute approximate surface area is 112 Å². The van der Waals surface area contributed by atoms with E-state index in [1.807, 2.05) is 32.0 Å². The molecule has 0 spiro atoms. The molecule has 19 heavy (non-hydrogen) atoms. The highest BCUT2D eigenvalue weighted by Crippen LogP contribution is 2.31. The van der Waals surface area contributed by atoms with Crippen molar-refractivity contribution in [1.29, 1.82) is 5.26 Å². The Morgan fingerprint density at radius 1 is 1.53 bits per heavy atom. The van der Waals surface area contributed by atoms with E-state index in [0.717, 1.165) is 11.3 Å². The van der Waals surface area contributed by atoms with E-state index in [-0.39, 0.29) is 12.5 Å². The van der Waals surface area contributed by atoms with Gasteiger partial charge in [-0.2, -0.15) is 5.26 Å². The molecular weight excluding hydrogens is 242 g/mol. The molecule has 0 aromatic heterocycles. The number of nitriles is 1. The first kappa shape index (κ1) is 13.4. The lowest BCUT2D eigenvalue weighted by Gasteiger charge is -2.26. The highest BCUT2D eigenvalue weighted by atomic mass is 16.5. The summed E-state index contributed by atoms with van der Waals surface area (Å²) in [5, 5.41) is 12.1. The van der Waals surface area contributed by atoms with E-state index in [0.29, 0.717) is 12.3 Å². The number of likely N-dealkylation sites (N-methyl/N-ethyl adjacent to an activating group) is 1. The van der Waals surface area contributed by atoms with Crippen molar-refractivity contribution in [1.82, 2.24) is 5.32 Å². The molecule has 2 rings (SSSR count). The molecule has 0 bridgehead atoms. The minimum Gasteiger partial charge on any atom is -0.482 e. The Balaban J connectivity index is 2.17. The minimum atomic E-state index is -0.575. The lowest BCUT2D eigenvalue weighted by Crippen LogP contribution is -2.37. The van der Waals surface area contributed by atoms with Crippen molar-refractivity contribution < 1.29 is 9.53 Å². The number of amides is 1. The molecule has 1 aliphatic rings. The molecule has 1 heterocycles. The first-order valence-electron chi connectivity index (χ1n) is 6.11. The molecule has 1 amide bonds. The Morgan fingerprint density at radius 3 is 2.95 bits per heavy atom. The van der Waals surface area contributed by atoms with E-state index in [2.05, 4.69) is 11.4 Å². The van der Waals surface area contributed by atoms with Gasteiger partial charge < -0.3 is 9.64 Å². The summed E-state index contributed by atoms with van der Waals surface area (Å²) >= 11 is 0. The zero-order chi connectivity index (χ0) is 14.0. The van der Waals surface area contributed by atoms with Gasteiger partial charge in [-0.1, -0.05) is 6.07 Å². The van der Waals surface area contributed by atoms with Crippen molar-refractivity contribution in [3.8, 4) is 11.8 Å². The Bertz CT molecular complexity index is 546. The molecule has 0 saturated carbocycles. The zero-order valence-electron chi connectivity index (χ0n) is 11.4. The number of rotatable bonds is 3. The number of hydrogen-bond donors (Lipinski definition) is 1. The predicted octanol–water partition coefficient (Wildman–Crippen LogP) is 1.43. The molecule has 0 aliphatic carbocycles. The second-order valence-corrected chi connectivity index (χ2v) is 5.13. The third kappa shape index (κ3) is 2.85. The first-order valence-corrected chi connectivity index (χ1v) is 6.11. The number of nitrogens with zero attached hydrogens (tertiary/aromatic N) is 2. The Hall–Kier alpha value is -2.06. The van der Waals surface area contributed by atoms with E-state index in [1.165, 1.54) is 0 Å². The van der Waals surface area contributed by atoms with Crippen LogP contribution in [-0.4, -0.2) is 25.1 Å². The largest absolute Gasteiger partial charge is 0.482 e. The average molecular weight is 259 g/mol. The first-order chi connectivity index (χ1) is 8.93. The van der Waals surface area contributed by atoms with Crippen LogP contribution in [0.15, 0.2) is 18.2 Å². The third-order valence-electron chi connectivity index (χ3n) is 3.12. The van der Waals surface area contributed by atoms with Crippen LogP contribution in [0.5, 0.6) is 5.75 Å². The average Bonchev–Trinajstić information content (AvgIpc) is 2.41. The second-order valence-electron chi connectivity index (χ2n) is 5.13. The van der Waals surface area contributed by atoms with Gasteiger partial charge >= 0.3 is 0 Å². The second kappa shape index (κ2) is 4.90. The minimum absolute atomic E-state index is 0.0602. The van der Waals surface area contributed by atoms with Crippen LogP contribution in [0, 0.1) is 11.3 Å². The molecule has 0 saturated heterocycles. The number of carbonyl (C=O) groups is 1. The summed E-state index contributed by atoms with van der Waals surface area (Å²) in [5.41, 5.74) is 1.20. The van der Waals surface area contributed by atoms with Crippen LogP contribution < -0.4 is 15.0 Å². The maximum atomic E-state index is 11.6. The van der Waals surface area contributed by atoms with E-state index in [1.54, 1.807) is 11.9 Å². The molecule has 0 atom stereocenters. The summed E-state index contributed by atoms with van der Waals surface area (Å²) in [6.07, 6.45) is 0. The monoisotopic (exact) mass is 259 g/mol. The molecule has 0 radical (unpaired) electrons. The highest BCUT2D eigenvalue weighted by molar-refractivity contribution is 5.97. The van der Waals surface area contributed by atoms with Gasteiger partial charge in [-0.05, 0) is 31.5 Å². The smallest absolute Gasteiger partial charge is 0.264 e. The summed E-state index contributed by atoms with van der Waals surface area (Å²) in [6.45, 7) is 4.30. The van der Waals surface area contributed by atoms with Gasteiger partial charge in [0.05, 0.1) is 11.8 Å². The van der Waals surface area contributed by atoms with Crippen LogP contribution in [0.4, 0.5) is 5.69 Å². The fourth-order valence-corrected chi connectivity index (χ4v) is 1.79. The van der Waals surface area contributed by atoms with Gasteiger partial charge in [-0.15, -0.1) is 0 Å². The molecule has 5 nitrogen and oxygen atoms in total. The number of fused-ring (bicyclic) bond motifs is 1. The standard InChI is InChI=1S/C14H17N3O2/c1-14(2,9-15)16-7-10-4-5-12-11(6-10)17(3)13(18)8-19-12/h4-6,16H,7-8H2,1-3H3. The highest BCUT2D eigenvalue weighted by Gasteiger charge is 2.22. The van der Waals surface area contributed by atoms with Crippen molar-refractivity contribution in [3.05, 3.63) is 23.8 Å². The summed E-state index contributed by atoms with van der Waals surface area (Å²) < 4.78 is 5.36. The van der Waals surface area contributed by atoms with Crippen molar-refractivity contribution >= 4 is 11.6 Å². The summed E-state index contributed by atoms with van der Waals surface area (Å²) in [6, 6.07) is 7.89. The molecule has 1 N–H and O–H groups in total. The Morgan fingerprint density at radius 2 is 2.26 bits per heavy atom. The van der Waals surface area contributed by atoms with Crippen LogP contribution in [0.25, 0.3) is 0 Å². The topological polar surface area (TPSA) is 65.4 Å². The Kier molecular flexibility index (Phi) is 3.45. The van der Waals surface area contributed by atoms with Crippen LogP contribution in [-0.2, 0) is 11.3 Å². The SMILES string of the molecule is CN1C(=O)COc2ccc(CNC(C)(C)C#N)cc21. The third-order valence-corrected chi connectivity index (χ3v) is 3.12. The zero-order valence-corrected chi connectivity index (χ0v) is 11.4. The maximum absolute atomic E-state index is 11.6. The normalized spacial score (nSPS) is 14.6. The van der Waals surface area contributed by atoms with Crippen LogP contribution in [0.2, 0.25) is 0 Å². The summed E-state index contributed by atoms with van der Waals surface area (Å²) in [7, 11) is 1.74. The van der Waals surface area contributed by atoms with Gasteiger partial charge in [-0.3, -0.25) is 10.1 Å². The van der Waals surface area contributed by atoms with Crippen molar-refractivity contribution in [3.63, 3.8) is 0 Å². The summed E-state index contributed by atoms with van der Waals surface area (Å²) in [5.74, 6) is 0.653. The van der Waals surface area contributed by atoms with Gasteiger partial charge in [-0.25, -0.2) is 0 Å². The van der Waals surface area contributed by atoms with E-state index in [4.69, 9.17) is 10.00 Å². The van der Waals surface area contributed by atoms with Gasteiger partial charge in [0.15, 0.2) is 6.61 Å². The van der Waals surface area contributed by atoms with Crippen molar-refractivity contribution in [2.45, 2.75) is 25.9 Å². The number of nitrogens with one attached hydrogen (secondary N) is 1. The fraction of sp³-hybridized carbons (Fsp3) is 0.429. The predicted molar refractivity (Wildman–Crippen MR) is 71.9 cm³/mol. The van der Waals surface area contributed by atoms with E-state index < -0.39 is 5.54 Å². The molecular formula is C14H17N3O2. The lowest BCUT2D eigenvalue weighted by atomic mass is 10.1. The van der Waals surface area contributed by atoms with Gasteiger partial charge in [0.25, 0.3) is 5.91 Å². The molecule has 5 heteroatoms. The molecule has 1 aromatic rings. The van der Waals surface area contributed by atoms with E-state index >= 15 is 0 Å². The lowest BCUT2D eigenvalue weighted by molar-refractivity contribution is -0.120. The van der Waals surface area contributed by atoms with E-state index in [9.17, 15) is 4.79 Å². The van der Waals surface area contributed by atoms with Crippen molar-refractivity contribution in [2.24, 2.45) is 0 Å². The maximum Gasteiger partial charge on any atom is 0.264 e. The number of benzene rings is 1. The summed E-state index contributed by atoms with van der Waals surface area (Å²) in [4.78, 5) is 13.2. The van der Waals surface area contributed by atoms with Crippen LogP contribution in [0.3, 0.4) is 0 Å². The van der Waals surface area contributed by atoms with Crippen LogP contribution in [0.1, 0.15) is 19.4 Å². The quantitative estimate of drug-likeness (QED) is 0.892. The number of hydrogen-bond acceptors (Lipinski definition) is 4. The molecule has 0 unspecified atom stereocenters. The number of anilines is 1. The fourth-order valence-electron chi connectivity index (χ4n) is 1.79. The van der Waals surface area contributed by atoms with Crippen molar-refractivity contribution in [2.75, 3.05) is 18.6 Å². The van der Waals surface area contributed by atoms with Gasteiger partial charge in [0.1, 0.15) is 11.3 Å². The van der Waals surface area contributed by atoms with Gasteiger partial charge in [0.2, 0.25) is 0 Å².